The first-order valence-electron chi connectivity index (χ1n) is 5.74. The number of rotatable bonds is 4. The first-order chi connectivity index (χ1) is 9.93. The van der Waals surface area contributed by atoms with Crippen LogP contribution in [0.1, 0.15) is 5.56 Å². The maximum atomic E-state index is 12.1. The fourth-order valence-corrected chi connectivity index (χ4v) is 3.16. The van der Waals surface area contributed by atoms with E-state index >= 15 is 0 Å². The molecule has 0 atom stereocenters. The molecule has 0 saturated carbocycles. The SMILES string of the molecule is C=CCN1C(=O)/C(=C\c2ccc(Cl)c([N+](=O)[O-])c2)SC1=S. The summed E-state index contributed by atoms with van der Waals surface area (Å²) >= 11 is 12.0. The minimum absolute atomic E-state index is 0.0522. The van der Waals surface area contributed by atoms with E-state index in [4.69, 9.17) is 23.8 Å². The number of amides is 1. The number of halogens is 1. The van der Waals surface area contributed by atoms with Crippen molar-refractivity contribution in [3.63, 3.8) is 0 Å². The van der Waals surface area contributed by atoms with Crippen LogP contribution in [0.5, 0.6) is 0 Å². The van der Waals surface area contributed by atoms with E-state index in [9.17, 15) is 14.9 Å². The summed E-state index contributed by atoms with van der Waals surface area (Å²) in [6, 6.07) is 4.35. The van der Waals surface area contributed by atoms with E-state index in [1.807, 2.05) is 0 Å². The molecule has 1 saturated heterocycles. The summed E-state index contributed by atoms with van der Waals surface area (Å²) in [7, 11) is 0. The van der Waals surface area contributed by atoms with E-state index in [1.165, 1.54) is 17.0 Å². The number of nitro benzene ring substituents is 1. The molecule has 0 aromatic heterocycles. The number of thioether (sulfide) groups is 1. The quantitative estimate of drug-likeness (QED) is 0.275. The Morgan fingerprint density at radius 2 is 2.24 bits per heavy atom. The number of nitro groups is 1. The van der Waals surface area contributed by atoms with E-state index in [-0.39, 0.29) is 16.6 Å². The van der Waals surface area contributed by atoms with Crippen LogP contribution in [0.15, 0.2) is 35.8 Å². The second-order valence-electron chi connectivity index (χ2n) is 4.05. The van der Waals surface area contributed by atoms with E-state index in [0.717, 1.165) is 11.8 Å². The van der Waals surface area contributed by atoms with Crippen molar-refractivity contribution >= 4 is 57.6 Å². The lowest BCUT2D eigenvalue weighted by Gasteiger charge is -2.10. The fourth-order valence-electron chi connectivity index (χ4n) is 1.70. The number of nitrogens with zero attached hydrogens (tertiary/aromatic N) is 2. The molecule has 1 amide bonds. The molecule has 1 fully saturated rings. The summed E-state index contributed by atoms with van der Waals surface area (Å²) < 4.78 is 0.439. The molecule has 108 valence electrons. The molecule has 5 nitrogen and oxygen atoms in total. The number of hydrogen-bond donors (Lipinski definition) is 0. The lowest BCUT2D eigenvalue weighted by atomic mass is 10.2. The van der Waals surface area contributed by atoms with Crippen LogP contribution in [0.2, 0.25) is 5.02 Å². The zero-order valence-electron chi connectivity index (χ0n) is 10.6. The molecule has 0 unspecified atom stereocenters. The predicted molar refractivity (Wildman–Crippen MR) is 88.2 cm³/mol. The second kappa shape index (κ2) is 6.38. The zero-order valence-corrected chi connectivity index (χ0v) is 13.0. The third-order valence-electron chi connectivity index (χ3n) is 2.65. The summed E-state index contributed by atoms with van der Waals surface area (Å²) in [5.41, 5.74) is 0.317. The lowest BCUT2D eigenvalue weighted by molar-refractivity contribution is -0.384. The minimum Gasteiger partial charge on any atom is -0.289 e. The summed E-state index contributed by atoms with van der Waals surface area (Å²) in [6.07, 6.45) is 3.15. The second-order valence-corrected chi connectivity index (χ2v) is 6.13. The highest BCUT2D eigenvalue weighted by Gasteiger charge is 2.31. The average molecular weight is 341 g/mol. The number of benzene rings is 1. The Labute approximate surface area is 135 Å². The van der Waals surface area contributed by atoms with Crippen LogP contribution in [0.25, 0.3) is 6.08 Å². The Kier molecular flexibility index (Phi) is 4.76. The molecule has 2 rings (SSSR count). The van der Waals surface area contributed by atoms with Gasteiger partial charge in [-0.05, 0) is 17.7 Å². The van der Waals surface area contributed by atoms with Gasteiger partial charge in [0.05, 0.1) is 9.83 Å². The molecule has 21 heavy (non-hydrogen) atoms. The van der Waals surface area contributed by atoms with Crippen molar-refractivity contribution in [1.82, 2.24) is 4.90 Å². The van der Waals surface area contributed by atoms with E-state index in [1.54, 1.807) is 18.2 Å². The third-order valence-corrected chi connectivity index (χ3v) is 4.35. The highest BCUT2D eigenvalue weighted by Crippen LogP contribution is 2.33. The van der Waals surface area contributed by atoms with E-state index < -0.39 is 4.92 Å². The van der Waals surface area contributed by atoms with Gasteiger partial charge in [0.2, 0.25) is 0 Å². The van der Waals surface area contributed by atoms with Gasteiger partial charge >= 0.3 is 0 Å². The zero-order chi connectivity index (χ0) is 15.6. The molecule has 1 aromatic carbocycles. The number of thiocarbonyl (C=S) groups is 1. The smallest absolute Gasteiger partial charge is 0.288 e. The standard InChI is InChI=1S/C13H9ClN2O3S2/c1-2-5-15-12(17)11(21-13(15)20)7-8-3-4-9(14)10(6-8)16(18)19/h2-4,6-7H,1,5H2/b11-7+. The highest BCUT2D eigenvalue weighted by molar-refractivity contribution is 8.26. The van der Waals surface area contributed by atoms with Crippen LogP contribution >= 0.6 is 35.6 Å². The van der Waals surface area contributed by atoms with Gasteiger partial charge in [0.15, 0.2) is 0 Å². The Morgan fingerprint density at radius 1 is 1.52 bits per heavy atom. The maximum Gasteiger partial charge on any atom is 0.288 e. The Hall–Kier alpha value is -1.70. The molecule has 0 aliphatic carbocycles. The van der Waals surface area contributed by atoms with Gasteiger partial charge in [-0.2, -0.15) is 0 Å². The molecule has 0 N–H and O–H groups in total. The molecule has 0 spiro atoms. The summed E-state index contributed by atoms with van der Waals surface area (Å²) in [5, 5.41) is 10.9. The molecular weight excluding hydrogens is 332 g/mol. The van der Waals surface area contributed by atoms with Crippen LogP contribution in [0.3, 0.4) is 0 Å². The van der Waals surface area contributed by atoms with Crippen molar-refractivity contribution < 1.29 is 9.72 Å². The van der Waals surface area contributed by atoms with Crippen LogP contribution in [-0.2, 0) is 4.79 Å². The highest BCUT2D eigenvalue weighted by atomic mass is 35.5. The lowest BCUT2D eigenvalue weighted by Crippen LogP contribution is -2.27. The fraction of sp³-hybridized carbons (Fsp3) is 0.0769. The summed E-state index contributed by atoms with van der Waals surface area (Å²) in [6.45, 7) is 3.91. The van der Waals surface area contributed by atoms with E-state index in [0.29, 0.717) is 21.3 Å². The largest absolute Gasteiger partial charge is 0.289 e. The van der Waals surface area contributed by atoms with Gasteiger partial charge in [0.1, 0.15) is 9.34 Å². The molecule has 1 heterocycles. The van der Waals surface area contributed by atoms with E-state index in [2.05, 4.69) is 6.58 Å². The molecule has 1 aliphatic rings. The Morgan fingerprint density at radius 3 is 2.86 bits per heavy atom. The minimum atomic E-state index is -0.567. The topological polar surface area (TPSA) is 63.5 Å². The molecule has 1 aliphatic heterocycles. The molecule has 8 heteroatoms. The van der Waals surface area contributed by atoms with Crippen LogP contribution in [-0.4, -0.2) is 26.6 Å². The molecule has 0 radical (unpaired) electrons. The van der Waals surface area contributed by atoms with Gasteiger partial charge in [-0.1, -0.05) is 47.7 Å². The van der Waals surface area contributed by atoms with Crippen molar-refractivity contribution in [3.8, 4) is 0 Å². The predicted octanol–water partition coefficient (Wildman–Crippen LogP) is 3.64. The van der Waals surface area contributed by atoms with Gasteiger partial charge in [-0.3, -0.25) is 19.8 Å². The van der Waals surface area contributed by atoms with Crippen molar-refractivity contribution in [1.29, 1.82) is 0 Å². The van der Waals surface area contributed by atoms with Gasteiger partial charge in [-0.15, -0.1) is 6.58 Å². The van der Waals surface area contributed by atoms with Crippen molar-refractivity contribution in [3.05, 3.63) is 56.5 Å². The van der Waals surface area contributed by atoms with Crippen LogP contribution in [0.4, 0.5) is 5.69 Å². The Bertz CT molecular complexity index is 688. The molecule has 0 bridgehead atoms. The number of hydrogen-bond acceptors (Lipinski definition) is 5. The van der Waals surface area contributed by atoms with Gasteiger partial charge < -0.3 is 0 Å². The normalized spacial score (nSPS) is 16.6. The van der Waals surface area contributed by atoms with Gasteiger partial charge in [-0.25, -0.2) is 0 Å². The Balaban J connectivity index is 2.35. The monoisotopic (exact) mass is 340 g/mol. The van der Waals surface area contributed by atoms with Crippen molar-refractivity contribution in [2.45, 2.75) is 0 Å². The van der Waals surface area contributed by atoms with Crippen LogP contribution in [0, 0.1) is 10.1 Å². The molecular formula is C13H9ClN2O3S2. The first kappa shape index (κ1) is 15.7. The number of carbonyl (C=O) groups is 1. The number of carbonyl (C=O) groups excluding carboxylic acids is 1. The molecule has 1 aromatic rings. The van der Waals surface area contributed by atoms with Crippen molar-refractivity contribution in [2.24, 2.45) is 0 Å². The summed E-state index contributed by atoms with van der Waals surface area (Å²) in [5.74, 6) is -0.234. The summed E-state index contributed by atoms with van der Waals surface area (Å²) in [4.78, 5) is 24.3. The first-order valence-corrected chi connectivity index (χ1v) is 7.34. The third kappa shape index (κ3) is 3.31. The van der Waals surface area contributed by atoms with Gasteiger partial charge in [0.25, 0.3) is 11.6 Å². The van der Waals surface area contributed by atoms with Gasteiger partial charge in [0, 0.05) is 12.6 Å². The maximum absolute atomic E-state index is 12.1. The van der Waals surface area contributed by atoms with Crippen LogP contribution < -0.4 is 0 Å². The van der Waals surface area contributed by atoms with Crippen molar-refractivity contribution in [2.75, 3.05) is 6.54 Å². The average Bonchev–Trinajstić information content (AvgIpc) is 2.69.